The van der Waals surface area contributed by atoms with E-state index in [-0.39, 0.29) is 23.8 Å². The Morgan fingerprint density at radius 2 is 2.22 bits per heavy atom. The molecular weight excluding hydrogens is 313 g/mol. The van der Waals surface area contributed by atoms with Crippen LogP contribution in [0.4, 0.5) is 13.2 Å². The number of rotatable bonds is 5. The number of amides is 1. The third-order valence-corrected chi connectivity index (χ3v) is 3.77. The van der Waals surface area contributed by atoms with Crippen molar-refractivity contribution in [2.75, 3.05) is 33.3 Å². The number of methoxy groups -OCH3 is 1. The highest BCUT2D eigenvalue weighted by Crippen LogP contribution is 2.24. The highest BCUT2D eigenvalue weighted by atomic mass is 19.4. The van der Waals surface area contributed by atoms with Gasteiger partial charge in [0, 0.05) is 19.2 Å². The largest absolute Gasteiger partial charge is 0.507 e. The second-order valence-corrected chi connectivity index (χ2v) is 5.60. The molecule has 128 valence electrons. The molecule has 8 heteroatoms. The van der Waals surface area contributed by atoms with Crippen LogP contribution in [-0.4, -0.2) is 55.4 Å². The highest BCUT2D eigenvalue weighted by Gasteiger charge is 2.34. The van der Waals surface area contributed by atoms with Crippen molar-refractivity contribution in [2.24, 2.45) is 5.92 Å². The summed E-state index contributed by atoms with van der Waals surface area (Å²) in [5, 5.41) is 12.4. The SMILES string of the molecule is COc1ccc(C(=O)NC[C@H]2CCN(CC(F)(F)F)C2)c(O)c1. The van der Waals surface area contributed by atoms with Gasteiger partial charge in [0.2, 0.25) is 0 Å². The molecule has 0 aromatic heterocycles. The predicted molar refractivity (Wildman–Crippen MR) is 77.6 cm³/mol. The molecule has 1 amide bonds. The minimum atomic E-state index is -4.20. The monoisotopic (exact) mass is 332 g/mol. The normalized spacial score (nSPS) is 18.9. The number of phenols is 1. The van der Waals surface area contributed by atoms with E-state index in [9.17, 15) is 23.1 Å². The average Bonchev–Trinajstić information content (AvgIpc) is 2.90. The van der Waals surface area contributed by atoms with Gasteiger partial charge in [-0.1, -0.05) is 0 Å². The molecule has 2 N–H and O–H groups in total. The van der Waals surface area contributed by atoms with Crippen LogP contribution in [0.3, 0.4) is 0 Å². The maximum absolute atomic E-state index is 12.3. The van der Waals surface area contributed by atoms with Gasteiger partial charge >= 0.3 is 6.18 Å². The molecule has 0 aliphatic carbocycles. The summed E-state index contributed by atoms with van der Waals surface area (Å²) < 4.78 is 41.9. The predicted octanol–water partition coefficient (Wildman–Crippen LogP) is 2.01. The molecule has 0 saturated carbocycles. The van der Waals surface area contributed by atoms with Crippen LogP contribution in [-0.2, 0) is 0 Å². The van der Waals surface area contributed by atoms with Gasteiger partial charge in [-0.15, -0.1) is 0 Å². The fourth-order valence-corrected chi connectivity index (χ4v) is 2.64. The molecule has 0 unspecified atom stereocenters. The molecule has 1 saturated heterocycles. The smallest absolute Gasteiger partial charge is 0.401 e. The molecule has 0 radical (unpaired) electrons. The number of hydrogen-bond donors (Lipinski definition) is 2. The number of likely N-dealkylation sites (tertiary alicyclic amines) is 1. The molecule has 5 nitrogen and oxygen atoms in total. The van der Waals surface area contributed by atoms with Crippen molar-refractivity contribution in [2.45, 2.75) is 12.6 Å². The van der Waals surface area contributed by atoms with Gasteiger partial charge in [0.25, 0.3) is 5.91 Å². The van der Waals surface area contributed by atoms with Crippen LogP contribution in [0, 0.1) is 5.92 Å². The van der Waals surface area contributed by atoms with Gasteiger partial charge < -0.3 is 15.2 Å². The Morgan fingerprint density at radius 3 is 2.83 bits per heavy atom. The molecule has 1 heterocycles. The van der Waals surface area contributed by atoms with Crippen molar-refractivity contribution >= 4 is 5.91 Å². The van der Waals surface area contributed by atoms with Crippen molar-refractivity contribution in [1.29, 1.82) is 0 Å². The van der Waals surface area contributed by atoms with E-state index in [0.717, 1.165) is 0 Å². The fourth-order valence-electron chi connectivity index (χ4n) is 2.64. The Balaban J connectivity index is 1.83. The third kappa shape index (κ3) is 5.02. The topological polar surface area (TPSA) is 61.8 Å². The number of aromatic hydroxyl groups is 1. The van der Waals surface area contributed by atoms with Crippen LogP contribution in [0.2, 0.25) is 0 Å². The summed E-state index contributed by atoms with van der Waals surface area (Å²) >= 11 is 0. The first kappa shape index (κ1) is 17.4. The minimum absolute atomic E-state index is 0.0262. The van der Waals surface area contributed by atoms with Crippen molar-refractivity contribution in [3.8, 4) is 11.5 Å². The average molecular weight is 332 g/mol. The maximum Gasteiger partial charge on any atom is 0.401 e. The highest BCUT2D eigenvalue weighted by molar-refractivity contribution is 5.97. The first-order valence-electron chi connectivity index (χ1n) is 7.23. The summed E-state index contributed by atoms with van der Waals surface area (Å²) in [6.07, 6.45) is -3.60. The molecule has 1 aliphatic heterocycles. The number of phenolic OH excluding ortho intramolecular Hbond substituents is 1. The van der Waals surface area contributed by atoms with Crippen LogP contribution in [0.1, 0.15) is 16.8 Å². The molecule has 2 rings (SSSR count). The fraction of sp³-hybridized carbons (Fsp3) is 0.533. The zero-order valence-corrected chi connectivity index (χ0v) is 12.7. The first-order chi connectivity index (χ1) is 10.8. The molecule has 1 aromatic carbocycles. The quantitative estimate of drug-likeness (QED) is 0.866. The van der Waals surface area contributed by atoms with Crippen molar-refractivity contribution < 1.29 is 27.8 Å². The summed E-state index contributed by atoms with van der Waals surface area (Å²) in [4.78, 5) is 13.4. The number of ether oxygens (including phenoxy) is 1. The maximum atomic E-state index is 12.3. The van der Waals surface area contributed by atoms with Gasteiger partial charge in [-0.25, -0.2) is 0 Å². The Kier molecular flexibility index (Phi) is 5.35. The Morgan fingerprint density at radius 1 is 1.48 bits per heavy atom. The van der Waals surface area contributed by atoms with Crippen molar-refractivity contribution in [3.63, 3.8) is 0 Å². The zero-order valence-electron chi connectivity index (χ0n) is 12.7. The van der Waals surface area contributed by atoms with E-state index in [1.807, 2.05) is 0 Å². The molecule has 0 spiro atoms. The molecule has 1 atom stereocenters. The summed E-state index contributed by atoms with van der Waals surface area (Å²) in [5.41, 5.74) is 0.107. The minimum Gasteiger partial charge on any atom is -0.507 e. The zero-order chi connectivity index (χ0) is 17.0. The number of alkyl halides is 3. The first-order valence-corrected chi connectivity index (χ1v) is 7.23. The molecule has 1 aromatic rings. The number of nitrogens with zero attached hydrogens (tertiary/aromatic N) is 1. The van der Waals surface area contributed by atoms with Gasteiger partial charge in [-0.2, -0.15) is 13.2 Å². The second-order valence-electron chi connectivity index (χ2n) is 5.60. The lowest BCUT2D eigenvalue weighted by Crippen LogP contribution is -2.34. The van der Waals surface area contributed by atoms with Crippen molar-refractivity contribution in [1.82, 2.24) is 10.2 Å². The summed E-state index contributed by atoms with van der Waals surface area (Å²) in [6.45, 7) is 0.0254. The lowest BCUT2D eigenvalue weighted by Gasteiger charge is -2.18. The van der Waals surface area contributed by atoms with E-state index in [1.54, 1.807) is 6.07 Å². The van der Waals surface area contributed by atoms with Crippen LogP contribution < -0.4 is 10.1 Å². The number of carbonyl (C=O) groups is 1. The molecular formula is C15H19F3N2O3. The van der Waals surface area contributed by atoms with E-state index >= 15 is 0 Å². The molecule has 23 heavy (non-hydrogen) atoms. The van der Waals surface area contributed by atoms with E-state index < -0.39 is 18.6 Å². The number of benzene rings is 1. The Labute approximate surface area is 132 Å². The summed E-state index contributed by atoms with van der Waals surface area (Å²) in [7, 11) is 1.45. The van der Waals surface area contributed by atoms with Crippen LogP contribution in [0.15, 0.2) is 18.2 Å². The second kappa shape index (κ2) is 7.08. The Bertz CT molecular complexity index is 563. The van der Waals surface area contributed by atoms with Gasteiger partial charge in [0.15, 0.2) is 0 Å². The summed E-state index contributed by atoms with van der Waals surface area (Å²) in [5.74, 6) is -0.259. The van der Waals surface area contributed by atoms with E-state index in [2.05, 4.69) is 5.32 Å². The number of hydrogen-bond acceptors (Lipinski definition) is 4. The van der Waals surface area contributed by atoms with Crippen LogP contribution >= 0.6 is 0 Å². The molecule has 0 bridgehead atoms. The van der Waals surface area contributed by atoms with E-state index in [4.69, 9.17) is 4.74 Å². The number of halogens is 3. The van der Waals surface area contributed by atoms with E-state index in [0.29, 0.717) is 25.3 Å². The van der Waals surface area contributed by atoms with E-state index in [1.165, 1.54) is 24.1 Å². The van der Waals surface area contributed by atoms with Gasteiger partial charge in [-0.3, -0.25) is 9.69 Å². The Hall–Kier alpha value is -1.96. The molecule has 1 aliphatic rings. The third-order valence-electron chi connectivity index (χ3n) is 3.77. The van der Waals surface area contributed by atoms with Crippen LogP contribution in [0.25, 0.3) is 0 Å². The van der Waals surface area contributed by atoms with Crippen LogP contribution in [0.5, 0.6) is 11.5 Å². The summed E-state index contributed by atoms with van der Waals surface area (Å²) in [6, 6.07) is 4.32. The van der Waals surface area contributed by atoms with Gasteiger partial charge in [-0.05, 0) is 31.0 Å². The van der Waals surface area contributed by atoms with Gasteiger partial charge in [0.05, 0.1) is 19.2 Å². The standard InChI is InChI=1S/C15H19F3N2O3/c1-23-11-2-3-12(13(21)6-11)14(22)19-7-10-4-5-20(8-10)9-15(16,17)18/h2-3,6,10,21H,4-5,7-9H2,1H3,(H,19,22)/t10-/m1/s1. The lowest BCUT2D eigenvalue weighted by atomic mass is 10.1. The van der Waals surface area contributed by atoms with Crippen molar-refractivity contribution in [3.05, 3.63) is 23.8 Å². The lowest BCUT2D eigenvalue weighted by molar-refractivity contribution is -0.143. The number of nitrogens with one attached hydrogen (secondary N) is 1. The molecule has 1 fully saturated rings. The van der Waals surface area contributed by atoms with Gasteiger partial charge in [0.1, 0.15) is 11.5 Å². The number of carbonyl (C=O) groups excluding carboxylic acids is 1.